The van der Waals surface area contributed by atoms with Gasteiger partial charge in [0.25, 0.3) is 0 Å². The molecule has 1 saturated heterocycles. The molecular weight excluding hydrogens is 1150 g/mol. The Morgan fingerprint density at radius 1 is 0.552 bits per heavy atom. The molecule has 0 bridgehead atoms. The zero-order valence-electron chi connectivity index (χ0n) is 51.3. The summed E-state index contributed by atoms with van der Waals surface area (Å²) in [6.07, 6.45) is -0.0151. The fourth-order valence-electron chi connectivity index (χ4n) is 7.66. The summed E-state index contributed by atoms with van der Waals surface area (Å²) in [6.45, 7) is 15.0. The Labute approximate surface area is 509 Å². The van der Waals surface area contributed by atoms with Gasteiger partial charge in [-0.05, 0) is 42.9 Å². The summed E-state index contributed by atoms with van der Waals surface area (Å²) in [5.74, 6) is -6.16. The first-order valence-corrected chi connectivity index (χ1v) is 29.4. The standard InChI is InChI=1S/C57H96N8O22/c1-42(2)52(55(72)63-47(7-6-14-60-57(58)74)53(70)61-46-10-8-45(9-11-46)41-87-44(4)66)64-54(71)48(62-50(68)40-65-51(69)39-43(3)56(65)73)12-15-59-49(67)13-16-76-19-20-78-23-24-80-27-28-82-31-32-84-35-36-86-38-37-85-34-33-83-30-29-81-26-25-79-22-21-77-18-17-75-5/h8-11,42-43,47-48,52H,6-7,12-41H2,1-5H3,(H,59,67)(H,61,70)(H,62,68)(H,63,72)(H,64,71)(H3,58,60,74)/t43?,47-,48-,52-/m0/s1. The molecule has 0 saturated carbocycles. The number of ether oxygens (including phenoxy) is 13. The summed E-state index contributed by atoms with van der Waals surface area (Å²) >= 11 is 0. The molecule has 1 fully saturated rings. The lowest BCUT2D eigenvalue weighted by Crippen LogP contribution is -2.58. The molecular formula is C57H96N8O22. The van der Waals surface area contributed by atoms with Crippen molar-refractivity contribution < 1.29 is 105 Å². The van der Waals surface area contributed by atoms with Crippen LogP contribution in [0.5, 0.6) is 0 Å². The van der Waals surface area contributed by atoms with Crippen molar-refractivity contribution in [2.75, 3.05) is 184 Å². The lowest BCUT2D eigenvalue weighted by molar-refractivity contribution is -0.143. The molecule has 2 rings (SSSR count). The van der Waals surface area contributed by atoms with Gasteiger partial charge in [0.2, 0.25) is 41.4 Å². The van der Waals surface area contributed by atoms with E-state index in [4.69, 9.17) is 67.3 Å². The molecule has 1 unspecified atom stereocenters. The SMILES string of the molecule is COCCOCCOCCOCCOCCOCCOCCOCCOCCOCCOCCOCCC(=O)NCC[C@H](NC(=O)CN1C(=O)CC(C)C1=O)C(=O)N[C@H](C(=O)N[C@@H](CCCNC(N)=O)C(=O)Nc1ccc(COC(C)=O)cc1)C(C)C. The number of carbonyl (C=O) groups is 9. The van der Waals surface area contributed by atoms with Crippen molar-refractivity contribution in [1.29, 1.82) is 0 Å². The van der Waals surface area contributed by atoms with Gasteiger partial charge in [-0.25, -0.2) is 4.79 Å². The Morgan fingerprint density at radius 3 is 1.41 bits per heavy atom. The predicted molar refractivity (Wildman–Crippen MR) is 312 cm³/mol. The molecule has 1 heterocycles. The zero-order chi connectivity index (χ0) is 63.7. The van der Waals surface area contributed by atoms with Crippen LogP contribution in [0, 0.1) is 11.8 Å². The largest absolute Gasteiger partial charge is 0.461 e. The van der Waals surface area contributed by atoms with Crippen molar-refractivity contribution >= 4 is 59.0 Å². The third-order valence-corrected chi connectivity index (χ3v) is 12.3. The van der Waals surface area contributed by atoms with E-state index in [0.29, 0.717) is 143 Å². The normalized spacial score (nSPS) is 14.1. The van der Waals surface area contributed by atoms with Gasteiger partial charge in [-0.1, -0.05) is 32.9 Å². The summed E-state index contributed by atoms with van der Waals surface area (Å²) in [5, 5.41) is 15.7. The topological polar surface area (TPSA) is 375 Å². The number of urea groups is 1. The van der Waals surface area contributed by atoms with Crippen LogP contribution in [0.15, 0.2) is 24.3 Å². The molecule has 1 aliphatic heterocycles. The number of imide groups is 1. The number of nitrogens with zero attached hydrogens (tertiary/aromatic N) is 1. The molecule has 0 aromatic heterocycles. The first-order valence-electron chi connectivity index (χ1n) is 29.4. The predicted octanol–water partition coefficient (Wildman–Crippen LogP) is -0.633. The van der Waals surface area contributed by atoms with E-state index in [0.717, 1.165) is 4.90 Å². The van der Waals surface area contributed by atoms with Gasteiger partial charge in [0.1, 0.15) is 31.3 Å². The van der Waals surface area contributed by atoms with Gasteiger partial charge in [-0.2, -0.15) is 0 Å². The summed E-state index contributed by atoms with van der Waals surface area (Å²) in [6, 6.07) is 1.89. The molecule has 30 heteroatoms. The van der Waals surface area contributed by atoms with Gasteiger partial charge in [0.15, 0.2) is 0 Å². The smallest absolute Gasteiger partial charge is 0.312 e. The highest BCUT2D eigenvalue weighted by atomic mass is 16.6. The van der Waals surface area contributed by atoms with Crippen LogP contribution in [0.3, 0.4) is 0 Å². The van der Waals surface area contributed by atoms with Crippen LogP contribution in [0.1, 0.15) is 65.4 Å². The van der Waals surface area contributed by atoms with Crippen molar-refractivity contribution in [1.82, 2.24) is 31.5 Å². The minimum absolute atomic E-state index is 0.0270. The van der Waals surface area contributed by atoms with Crippen molar-refractivity contribution in [2.45, 2.75) is 84.5 Å². The number of hydrogen-bond acceptors (Lipinski definition) is 22. The number of amides is 9. The first-order chi connectivity index (χ1) is 42.0. The average molecular weight is 1250 g/mol. The van der Waals surface area contributed by atoms with E-state index in [-0.39, 0.29) is 71.6 Å². The van der Waals surface area contributed by atoms with E-state index < -0.39 is 89.9 Å². The number of nitrogens with two attached hydrogens (primary N) is 1. The molecule has 496 valence electrons. The van der Waals surface area contributed by atoms with Gasteiger partial charge < -0.3 is 99.2 Å². The second-order valence-electron chi connectivity index (χ2n) is 19.9. The Kier molecular flexibility index (Phi) is 44.2. The molecule has 1 aliphatic rings. The maximum Gasteiger partial charge on any atom is 0.312 e. The third-order valence-electron chi connectivity index (χ3n) is 12.3. The number of esters is 1. The number of hydrogen-bond donors (Lipinski definition) is 7. The second kappa shape index (κ2) is 49.9. The summed E-state index contributed by atoms with van der Waals surface area (Å²) in [4.78, 5) is 116. The van der Waals surface area contributed by atoms with Gasteiger partial charge in [0, 0.05) is 51.6 Å². The summed E-state index contributed by atoms with van der Waals surface area (Å²) in [5.41, 5.74) is 6.23. The van der Waals surface area contributed by atoms with Crippen LogP contribution < -0.4 is 37.6 Å². The molecule has 30 nitrogen and oxygen atoms in total. The number of primary amides is 1. The van der Waals surface area contributed by atoms with Crippen LogP contribution in [0.25, 0.3) is 0 Å². The monoisotopic (exact) mass is 1240 g/mol. The Balaban J connectivity index is 1.65. The van der Waals surface area contributed by atoms with E-state index in [1.54, 1.807) is 52.1 Å². The number of likely N-dealkylation sites (tertiary alicyclic amines) is 1. The molecule has 87 heavy (non-hydrogen) atoms. The van der Waals surface area contributed by atoms with E-state index in [9.17, 15) is 43.2 Å². The minimum atomic E-state index is -1.37. The number of nitrogens with one attached hydrogen (secondary N) is 6. The third kappa shape index (κ3) is 39.5. The molecule has 1 aromatic rings. The minimum Gasteiger partial charge on any atom is -0.461 e. The molecule has 4 atom stereocenters. The molecule has 0 aliphatic carbocycles. The van der Waals surface area contributed by atoms with Crippen molar-refractivity contribution in [3.8, 4) is 0 Å². The van der Waals surface area contributed by atoms with Crippen LogP contribution in [0.4, 0.5) is 10.5 Å². The number of anilines is 1. The van der Waals surface area contributed by atoms with E-state index in [1.807, 2.05) is 0 Å². The van der Waals surface area contributed by atoms with Crippen LogP contribution in [-0.2, 0) is 107 Å². The van der Waals surface area contributed by atoms with Gasteiger partial charge in [-0.15, -0.1) is 0 Å². The lowest BCUT2D eigenvalue weighted by atomic mass is 10.0. The molecule has 0 radical (unpaired) electrons. The van der Waals surface area contributed by atoms with Gasteiger partial charge >= 0.3 is 12.0 Å². The van der Waals surface area contributed by atoms with E-state index in [1.165, 1.54) is 6.92 Å². The highest BCUT2D eigenvalue weighted by molar-refractivity contribution is 6.06. The Hall–Kier alpha value is -6.03. The van der Waals surface area contributed by atoms with Crippen LogP contribution in [-0.4, -0.2) is 255 Å². The summed E-state index contributed by atoms with van der Waals surface area (Å²) < 4.78 is 70.1. The Bertz CT molecular complexity index is 2110. The summed E-state index contributed by atoms with van der Waals surface area (Å²) in [7, 11) is 1.63. The van der Waals surface area contributed by atoms with Crippen molar-refractivity contribution in [2.24, 2.45) is 17.6 Å². The number of carbonyl (C=O) groups excluding carboxylic acids is 9. The maximum absolute atomic E-state index is 14.0. The molecule has 1 aromatic carbocycles. The van der Waals surface area contributed by atoms with E-state index in [2.05, 4.69) is 31.9 Å². The number of rotatable bonds is 55. The zero-order valence-corrected chi connectivity index (χ0v) is 51.3. The van der Waals surface area contributed by atoms with E-state index >= 15 is 0 Å². The molecule has 9 amide bonds. The van der Waals surface area contributed by atoms with Gasteiger partial charge in [-0.3, -0.25) is 43.3 Å². The molecule has 0 spiro atoms. The second-order valence-corrected chi connectivity index (χ2v) is 19.9. The quantitative estimate of drug-likeness (QED) is 0.0242. The first kappa shape index (κ1) is 77.1. The Morgan fingerprint density at radius 2 is 1.00 bits per heavy atom. The molecule has 8 N–H and O–H groups in total. The van der Waals surface area contributed by atoms with Crippen molar-refractivity contribution in [3.05, 3.63) is 29.8 Å². The highest BCUT2D eigenvalue weighted by Gasteiger charge is 2.38. The fourth-order valence-corrected chi connectivity index (χ4v) is 7.66. The average Bonchev–Trinajstić information content (AvgIpc) is 4.04. The lowest BCUT2D eigenvalue weighted by Gasteiger charge is -2.27. The van der Waals surface area contributed by atoms with Crippen LogP contribution in [0.2, 0.25) is 0 Å². The van der Waals surface area contributed by atoms with Gasteiger partial charge in [0.05, 0.1) is 152 Å². The fraction of sp³-hybridized carbons (Fsp3) is 0.737. The highest BCUT2D eigenvalue weighted by Crippen LogP contribution is 2.18. The van der Waals surface area contributed by atoms with Crippen LogP contribution >= 0.6 is 0 Å². The number of methoxy groups -OCH3 is 1. The van der Waals surface area contributed by atoms with Crippen molar-refractivity contribution in [3.63, 3.8) is 0 Å². The number of benzene rings is 1. The maximum atomic E-state index is 14.0.